The van der Waals surface area contributed by atoms with Crippen LogP contribution in [0, 0.1) is 28.4 Å². The van der Waals surface area contributed by atoms with Crippen LogP contribution in [0.2, 0.25) is 0 Å². The van der Waals surface area contributed by atoms with Crippen LogP contribution in [0.25, 0.3) is 0 Å². The van der Waals surface area contributed by atoms with Gasteiger partial charge in [-0.05, 0) is 0 Å². The molecule has 0 bridgehead atoms. The van der Waals surface area contributed by atoms with E-state index in [1.54, 1.807) is 0 Å². The van der Waals surface area contributed by atoms with Crippen molar-refractivity contribution >= 4 is 0 Å². The molecule has 1 aliphatic carbocycles. The summed E-state index contributed by atoms with van der Waals surface area (Å²) in [6.07, 6.45) is 4.41. The fourth-order valence-corrected chi connectivity index (χ4v) is 1.00. The molecular formula is C11H20Hf. The standard InChI is InChI=1S/C8H11.3CH3.Hf/c1-6-4-7(2)8(3)5-6;;;;/h4H2,1-3H3;3*1H3;/q4*-1;+4. The predicted octanol–water partition coefficient (Wildman–Crippen LogP) is 3.82. The summed E-state index contributed by atoms with van der Waals surface area (Å²) in [5.41, 5.74) is 4.19. The van der Waals surface area contributed by atoms with Gasteiger partial charge in [0.15, 0.2) is 0 Å². The first-order chi connectivity index (χ1) is 3.70. The van der Waals surface area contributed by atoms with E-state index in [0.29, 0.717) is 0 Å². The van der Waals surface area contributed by atoms with E-state index in [9.17, 15) is 0 Å². The van der Waals surface area contributed by atoms with Crippen molar-refractivity contribution in [2.75, 3.05) is 0 Å². The molecule has 0 nitrogen and oxygen atoms in total. The molecule has 0 aromatic heterocycles. The molecule has 0 aromatic rings. The van der Waals surface area contributed by atoms with Crippen molar-refractivity contribution in [3.63, 3.8) is 0 Å². The first-order valence-electron chi connectivity index (χ1n) is 2.96. The predicted molar refractivity (Wildman–Crippen MR) is 54.7 cm³/mol. The van der Waals surface area contributed by atoms with E-state index in [-0.39, 0.29) is 48.1 Å². The quantitative estimate of drug-likeness (QED) is 0.468. The van der Waals surface area contributed by atoms with Crippen LogP contribution in [0.15, 0.2) is 16.7 Å². The first-order valence-corrected chi connectivity index (χ1v) is 2.96. The van der Waals surface area contributed by atoms with Crippen LogP contribution in [0.3, 0.4) is 0 Å². The van der Waals surface area contributed by atoms with E-state index in [2.05, 4.69) is 26.8 Å². The summed E-state index contributed by atoms with van der Waals surface area (Å²) < 4.78 is 0. The topological polar surface area (TPSA) is 0 Å². The summed E-state index contributed by atoms with van der Waals surface area (Å²) in [5.74, 6) is 0. The Hall–Kier alpha value is 0.350. The fourth-order valence-electron chi connectivity index (χ4n) is 1.00. The fraction of sp³-hybridized carbons (Fsp3) is 0.364. The zero-order valence-electron chi connectivity index (χ0n) is 9.21. The molecule has 1 aliphatic rings. The Kier molecular flexibility index (Phi) is 17.9. The molecule has 1 rings (SSSR count). The Bertz CT molecular complexity index is 164. The van der Waals surface area contributed by atoms with Gasteiger partial charge >= 0.3 is 25.8 Å². The second-order valence-corrected chi connectivity index (χ2v) is 2.49. The molecule has 68 valence electrons. The maximum Gasteiger partial charge on any atom is 4.00 e. The summed E-state index contributed by atoms with van der Waals surface area (Å²) in [7, 11) is 0. The number of hydrogen-bond donors (Lipinski definition) is 0. The van der Waals surface area contributed by atoms with E-state index in [4.69, 9.17) is 0 Å². The zero-order valence-corrected chi connectivity index (χ0v) is 12.8. The average Bonchev–Trinajstić information content (AvgIpc) is 1.85. The van der Waals surface area contributed by atoms with Crippen molar-refractivity contribution in [1.29, 1.82) is 0 Å². The number of rotatable bonds is 0. The van der Waals surface area contributed by atoms with Gasteiger partial charge in [-0.2, -0.15) is 5.57 Å². The van der Waals surface area contributed by atoms with Crippen molar-refractivity contribution in [1.82, 2.24) is 0 Å². The minimum Gasteiger partial charge on any atom is -0.358 e. The molecule has 0 fully saturated rings. The zero-order chi connectivity index (χ0) is 6.15. The Labute approximate surface area is 97.9 Å². The van der Waals surface area contributed by atoms with Crippen molar-refractivity contribution in [3.8, 4) is 0 Å². The summed E-state index contributed by atoms with van der Waals surface area (Å²) in [5, 5.41) is 0. The van der Waals surface area contributed by atoms with Crippen molar-refractivity contribution in [2.24, 2.45) is 0 Å². The molecule has 0 saturated heterocycles. The van der Waals surface area contributed by atoms with Crippen LogP contribution in [0.4, 0.5) is 0 Å². The van der Waals surface area contributed by atoms with E-state index in [1.807, 2.05) is 0 Å². The molecule has 12 heavy (non-hydrogen) atoms. The molecule has 0 radical (unpaired) electrons. The van der Waals surface area contributed by atoms with Crippen LogP contribution >= 0.6 is 0 Å². The molecule has 0 amide bonds. The number of hydrogen-bond acceptors (Lipinski definition) is 0. The van der Waals surface area contributed by atoms with Crippen molar-refractivity contribution in [3.05, 3.63) is 45.1 Å². The van der Waals surface area contributed by atoms with Crippen LogP contribution < -0.4 is 0 Å². The molecule has 0 aliphatic heterocycles. The summed E-state index contributed by atoms with van der Waals surface area (Å²) in [4.78, 5) is 0. The minimum atomic E-state index is 0. The van der Waals surface area contributed by atoms with Crippen LogP contribution in [-0.2, 0) is 25.8 Å². The van der Waals surface area contributed by atoms with Gasteiger partial charge in [-0.1, -0.05) is 20.3 Å². The normalized spacial score (nSPS) is 13.1. The molecule has 0 heterocycles. The molecule has 0 spiro atoms. The van der Waals surface area contributed by atoms with Gasteiger partial charge in [0.25, 0.3) is 0 Å². The second-order valence-electron chi connectivity index (χ2n) is 2.49. The van der Waals surface area contributed by atoms with E-state index < -0.39 is 0 Å². The Morgan fingerprint density at radius 2 is 1.42 bits per heavy atom. The van der Waals surface area contributed by atoms with Gasteiger partial charge in [0.2, 0.25) is 0 Å². The van der Waals surface area contributed by atoms with Crippen molar-refractivity contribution < 1.29 is 25.8 Å². The van der Waals surface area contributed by atoms with Gasteiger partial charge in [-0.15, -0.1) is 6.92 Å². The van der Waals surface area contributed by atoms with Gasteiger partial charge in [-0.25, -0.2) is 17.2 Å². The Morgan fingerprint density at radius 3 is 1.50 bits per heavy atom. The molecule has 0 atom stereocenters. The van der Waals surface area contributed by atoms with E-state index in [1.165, 1.54) is 16.7 Å². The molecular weight excluding hydrogens is 311 g/mol. The largest absolute Gasteiger partial charge is 4.00 e. The first kappa shape index (κ1) is 22.8. The third kappa shape index (κ3) is 5.93. The monoisotopic (exact) mass is 332 g/mol. The van der Waals surface area contributed by atoms with Crippen LogP contribution in [-0.4, -0.2) is 0 Å². The average molecular weight is 331 g/mol. The van der Waals surface area contributed by atoms with Gasteiger partial charge < -0.3 is 22.3 Å². The molecule has 0 aromatic carbocycles. The third-order valence-electron chi connectivity index (χ3n) is 1.57. The Morgan fingerprint density at radius 1 is 1.00 bits per heavy atom. The summed E-state index contributed by atoms with van der Waals surface area (Å²) >= 11 is 0. The molecule has 1 heteroatoms. The third-order valence-corrected chi connectivity index (χ3v) is 1.57. The molecule has 0 N–H and O–H groups in total. The van der Waals surface area contributed by atoms with Gasteiger partial charge in [0, 0.05) is 0 Å². The van der Waals surface area contributed by atoms with Crippen LogP contribution in [0.5, 0.6) is 0 Å². The Balaban J connectivity index is -0.0000000800. The SMILES string of the molecule is CC1=[C-]C(C)=C(C)C1.[CH3-].[CH3-].[CH3-].[Hf+4]. The van der Waals surface area contributed by atoms with Gasteiger partial charge in [-0.3, -0.25) is 0 Å². The molecule has 0 saturated carbocycles. The van der Waals surface area contributed by atoms with Crippen LogP contribution in [0.1, 0.15) is 27.2 Å². The van der Waals surface area contributed by atoms with E-state index >= 15 is 0 Å². The van der Waals surface area contributed by atoms with E-state index in [0.717, 1.165) is 6.42 Å². The van der Waals surface area contributed by atoms with Gasteiger partial charge in [0.1, 0.15) is 0 Å². The van der Waals surface area contributed by atoms with Gasteiger partial charge in [0.05, 0.1) is 0 Å². The minimum absolute atomic E-state index is 0. The summed E-state index contributed by atoms with van der Waals surface area (Å²) in [6, 6.07) is 0. The second kappa shape index (κ2) is 9.44. The molecule has 0 unspecified atom stereocenters. The van der Waals surface area contributed by atoms with Crippen molar-refractivity contribution in [2.45, 2.75) is 27.2 Å². The maximum atomic E-state index is 3.26. The smallest absolute Gasteiger partial charge is 0.358 e. The maximum absolute atomic E-state index is 3.26. The number of allylic oxidation sites excluding steroid dienone is 4. The summed E-state index contributed by atoms with van der Waals surface area (Å²) in [6.45, 7) is 6.41.